The van der Waals surface area contributed by atoms with E-state index in [2.05, 4.69) is 11.9 Å². The Bertz CT molecular complexity index is 1070. The van der Waals surface area contributed by atoms with E-state index in [1.807, 2.05) is 40.9 Å². The highest BCUT2D eigenvalue weighted by atomic mass is 32.2. The summed E-state index contributed by atoms with van der Waals surface area (Å²) in [5, 5.41) is 0. The molecule has 2 N–H and O–H groups in total. The summed E-state index contributed by atoms with van der Waals surface area (Å²) < 4.78 is 15.3. The van der Waals surface area contributed by atoms with Crippen molar-refractivity contribution < 1.29 is 4.21 Å². The highest BCUT2D eigenvalue weighted by Gasteiger charge is 2.20. The quantitative estimate of drug-likeness (QED) is 0.574. The zero-order chi connectivity index (χ0) is 17.4. The predicted molar refractivity (Wildman–Crippen MR) is 104 cm³/mol. The summed E-state index contributed by atoms with van der Waals surface area (Å²) in [6.07, 6.45) is 5.59. The van der Waals surface area contributed by atoms with Gasteiger partial charge >= 0.3 is 0 Å². The van der Waals surface area contributed by atoms with Gasteiger partial charge < -0.3 is 5.73 Å². The van der Waals surface area contributed by atoms with E-state index < -0.39 is 10.8 Å². The molecular formula is C18H18N4OS2. The fourth-order valence-corrected chi connectivity index (χ4v) is 5.62. The van der Waals surface area contributed by atoms with Gasteiger partial charge in [-0.05, 0) is 6.42 Å². The van der Waals surface area contributed by atoms with Gasteiger partial charge in [0.05, 0.1) is 16.5 Å². The molecule has 7 heteroatoms. The van der Waals surface area contributed by atoms with Crippen LogP contribution in [-0.4, -0.2) is 24.3 Å². The largest absolute Gasteiger partial charge is 0.395 e. The summed E-state index contributed by atoms with van der Waals surface area (Å²) in [6.45, 7) is 2.09. The first-order valence-corrected chi connectivity index (χ1v) is 10.3. The number of imidazole rings is 1. The number of nitrogens with zero attached hydrogens (tertiary/aromatic N) is 3. The van der Waals surface area contributed by atoms with Crippen molar-refractivity contribution in [2.75, 3.05) is 11.5 Å². The maximum absolute atomic E-state index is 12.6. The van der Waals surface area contributed by atoms with Gasteiger partial charge in [0, 0.05) is 23.7 Å². The van der Waals surface area contributed by atoms with Crippen molar-refractivity contribution in [2.24, 2.45) is 0 Å². The van der Waals surface area contributed by atoms with Crippen LogP contribution in [0.2, 0.25) is 0 Å². The molecule has 128 valence electrons. The second-order valence-electron chi connectivity index (χ2n) is 5.81. The SMILES string of the molecule is CCCCS(=O)c1sc2c(nc(-c3ccccc3)c3nccn32)c1N. The van der Waals surface area contributed by atoms with E-state index in [0.717, 1.165) is 38.8 Å². The number of hydrogen-bond acceptors (Lipinski definition) is 5. The molecule has 4 rings (SSSR count). The lowest BCUT2D eigenvalue weighted by Crippen LogP contribution is -1.99. The minimum atomic E-state index is -1.09. The van der Waals surface area contributed by atoms with E-state index >= 15 is 0 Å². The van der Waals surface area contributed by atoms with Crippen LogP contribution in [0.15, 0.2) is 46.9 Å². The number of unbranched alkanes of at least 4 members (excludes halogenated alkanes) is 1. The Kier molecular flexibility index (Phi) is 4.27. The molecule has 4 aromatic rings. The Morgan fingerprint density at radius 2 is 2.08 bits per heavy atom. The predicted octanol–water partition coefficient (Wildman–Crippen LogP) is 4.10. The Hall–Kier alpha value is -2.25. The first kappa shape index (κ1) is 16.2. The minimum Gasteiger partial charge on any atom is -0.395 e. The zero-order valence-electron chi connectivity index (χ0n) is 13.8. The van der Waals surface area contributed by atoms with Crippen LogP contribution in [-0.2, 0) is 10.8 Å². The highest BCUT2D eigenvalue weighted by Crippen LogP contribution is 2.37. The number of anilines is 1. The van der Waals surface area contributed by atoms with Crippen molar-refractivity contribution in [3.63, 3.8) is 0 Å². The maximum atomic E-state index is 12.6. The number of benzene rings is 1. The van der Waals surface area contributed by atoms with E-state index in [-0.39, 0.29) is 0 Å². The molecule has 0 radical (unpaired) electrons. The number of rotatable bonds is 5. The summed E-state index contributed by atoms with van der Waals surface area (Å²) in [7, 11) is -1.09. The topological polar surface area (TPSA) is 73.3 Å². The van der Waals surface area contributed by atoms with E-state index in [4.69, 9.17) is 10.7 Å². The molecular weight excluding hydrogens is 352 g/mol. The Labute approximate surface area is 152 Å². The number of nitrogens with two attached hydrogens (primary N) is 1. The van der Waals surface area contributed by atoms with Crippen LogP contribution >= 0.6 is 11.3 Å². The molecule has 1 atom stereocenters. The molecule has 3 heterocycles. The maximum Gasteiger partial charge on any atom is 0.164 e. The smallest absolute Gasteiger partial charge is 0.164 e. The normalized spacial score (nSPS) is 12.8. The van der Waals surface area contributed by atoms with Crippen molar-refractivity contribution in [1.29, 1.82) is 0 Å². The van der Waals surface area contributed by atoms with Gasteiger partial charge in [0.15, 0.2) is 5.65 Å². The molecule has 5 nitrogen and oxygen atoms in total. The van der Waals surface area contributed by atoms with Crippen LogP contribution < -0.4 is 5.73 Å². The van der Waals surface area contributed by atoms with E-state index in [9.17, 15) is 4.21 Å². The van der Waals surface area contributed by atoms with Gasteiger partial charge in [0.25, 0.3) is 0 Å². The van der Waals surface area contributed by atoms with Crippen LogP contribution in [0, 0.1) is 0 Å². The van der Waals surface area contributed by atoms with Crippen LogP contribution in [0.3, 0.4) is 0 Å². The average molecular weight is 371 g/mol. The summed E-state index contributed by atoms with van der Waals surface area (Å²) in [5.74, 6) is 0.631. The third-order valence-corrected chi connectivity index (χ3v) is 7.19. The molecule has 0 aliphatic carbocycles. The fourth-order valence-electron chi connectivity index (χ4n) is 2.81. The molecule has 0 aliphatic rings. The molecule has 0 fully saturated rings. The Balaban J connectivity index is 1.96. The number of fused-ring (bicyclic) bond motifs is 3. The van der Waals surface area contributed by atoms with E-state index in [0.29, 0.717) is 17.0 Å². The van der Waals surface area contributed by atoms with Gasteiger partial charge in [-0.15, -0.1) is 11.3 Å². The van der Waals surface area contributed by atoms with Gasteiger partial charge in [-0.25, -0.2) is 9.97 Å². The molecule has 0 bridgehead atoms. The Morgan fingerprint density at radius 1 is 1.28 bits per heavy atom. The van der Waals surface area contributed by atoms with Crippen LogP contribution in [0.4, 0.5) is 5.69 Å². The third-order valence-electron chi connectivity index (χ3n) is 4.10. The molecule has 0 aliphatic heterocycles. The lowest BCUT2D eigenvalue weighted by molar-refractivity contribution is 0.681. The first-order chi connectivity index (χ1) is 12.2. The molecule has 3 aromatic heterocycles. The van der Waals surface area contributed by atoms with Crippen LogP contribution in [0.1, 0.15) is 19.8 Å². The third kappa shape index (κ3) is 2.73. The van der Waals surface area contributed by atoms with Crippen LogP contribution in [0.25, 0.3) is 27.3 Å². The molecule has 1 unspecified atom stereocenters. The second-order valence-corrected chi connectivity index (χ2v) is 8.57. The van der Waals surface area contributed by atoms with Crippen molar-refractivity contribution in [3.05, 3.63) is 42.7 Å². The molecule has 25 heavy (non-hydrogen) atoms. The lowest BCUT2D eigenvalue weighted by Gasteiger charge is -2.05. The molecule has 0 saturated heterocycles. The average Bonchev–Trinajstić information content (AvgIpc) is 3.25. The van der Waals surface area contributed by atoms with E-state index in [1.54, 1.807) is 6.20 Å². The van der Waals surface area contributed by atoms with Crippen molar-refractivity contribution in [2.45, 2.75) is 24.0 Å². The number of aromatic nitrogens is 3. The standard InChI is InChI=1S/C18H18N4OS2/c1-2-3-11-25(23)18-13(19)15-17(24-18)22-10-9-20-16(22)14(21-15)12-7-5-4-6-8-12/h4-10H,2-3,11,19H2,1H3. The van der Waals surface area contributed by atoms with Crippen molar-refractivity contribution >= 4 is 43.8 Å². The van der Waals surface area contributed by atoms with Gasteiger partial charge in [-0.1, -0.05) is 43.7 Å². The highest BCUT2D eigenvalue weighted by molar-refractivity contribution is 7.87. The monoisotopic (exact) mass is 370 g/mol. The zero-order valence-corrected chi connectivity index (χ0v) is 15.4. The fraction of sp³-hybridized carbons (Fsp3) is 0.222. The van der Waals surface area contributed by atoms with Gasteiger partial charge in [-0.2, -0.15) is 0 Å². The summed E-state index contributed by atoms with van der Waals surface area (Å²) in [6, 6.07) is 9.93. The summed E-state index contributed by atoms with van der Waals surface area (Å²) >= 11 is 1.46. The van der Waals surface area contributed by atoms with Crippen molar-refractivity contribution in [1.82, 2.24) is 14.4 Å². The number of thiophene rings is 1. The number of nitrogen functional groups attached to an aromatic ring is 1. The second kappa shape index (κ2) is 6.57. The molecule has 0 saturated carbocycles. The number of hydrogen-bond donors (Lipinski definition) is 1. The molecule has 1 aromatic carbocycles. The molecule has 0 spiro atoms. The summed E-state index contributed by atoms with van der Waals surface area (Å²) in [5.41, 5.74) is 10.1. The molecule has 0 amide bonds. The van der Waals surface area contributed by atoms with Gasteiger partial charge in [0.1, 0.15) is 20.3 Å². The Morgan fingerprint density at radius 3 is 2.84 bits per heavy atom. The minimum absolute atomic E-state index is 0.530. The van der Waals surface area contributed by atoms with Crippen LogP contribution in [0.5, 0.6) is 0 Å². The van der Waals surface area contributed by atoms with Gasteiger partial charge in [0.2, 0.25) is 0 Å². The summed E-state index contributed by atoms with van der Waals surface area (Å²) in [4.78, 5) is 10.2. The lowest BCUT2D eigenvalue weighted by atomic mass is 10.1. The first-order valence-electron chi connectivity index (χ1n) is 8.19. The van der Waals surface area contributed by atoms with Gasteiger partial charge in [-0.3, -0.25) is 8.61 Å². The van der Waals surface area contributed by atoms with Crippen molar-refractivity contribution in [3.8, 4) is 11.3 Å². The van der Waals surface area contributed by atoms with E-state index in [1.165, 1.54) is 11.3 Å².